The molecule has 302 valence electrons. The summed E-state index contributed by atoms with van der Waals surface area (Å²) in [5.74, 6) is -2.71. The van der Waals surface area contributed by atoms with Gasteiger partial charge in [-0.3, -0.25) is 4.79 Å². The molecule has 0 radical (unpaired) electrons. The van der Waals surface area contributed by atoms with Gasteiger partial charge in [0.05, 0.1) is 37.1 Å². The second-order valence-corrected chi connectivity index (χ2v) is 14.9. The van der Waals surface area contributed by atoms with E-state index in [1.807, 2.05) is 26.8 Å². The molecule has 0 aromatic heterocycles. The molecule has 14 nitrogen and oxygen atoms in total. The zero-order valence-electron chi connectivity index (χ0n) is 32.9. The van der Waals surface area contributed by atoms with Crippen LogP contribution < -0.4 is 0 Å². The number of carbonyl (C=O) groups excluding carboxylic acids is 3. The third-order valence-corrected chi connectivity index (χ3v) is 10.6. The Morgan fingerprint density at radius 2 is 1.53 bits per heavy atom. The first-order valence-corrected chi connectivity index (χ1v) is 18.6. The number of cyclic esters (lactones) is 1. The summed E-state index contributed by atoms with van der Waals surface area (Å²) in [7, 11) is 6.44. The summed E-state index contributed by atoms with van der Waals surface area (Å²) < 4.78 is 41.7. The van der Waals surface area contributed by atoms with E-state index in [1.54, 1.807) is 51.9 Å². The average Bonchev–Trinajstić information content (AvgIpc) is 3.11. The molecule has 3 aliphatic rings. The molecule has 2 saturated heterocycles. The largest absolute Gasteiger partial charge is 0.459 e. The highest BCUT2D eigenvalue weighted by Crippen LogP contribution is 2.33. The van der Waals surface area contributed by atoms with Gasteiger partial charge in [0.15, 0.2) is 18.4 Å². The van der Waals surface area contributed by atoms with Gasteiger partial charge in [-0.25, -0.2) is 4.79 Å². The van der Waals surface area contributed by atoms with E-state index in [9.17, 15) is 29.7 Å². The predicted molar refractivity (Wildman–Crippen MR) is 194 cm³/mol. The SMILES string of the molecule is CC[C@H]1OC(=O)/C=C\[C@H](C)[C@@H](OC2OC(C)C(O)C(N(C)C)C2O)[C@@H](CC=O)C[C@@H](C)C(=O)/C=C/C(C)=C/[C@@H]1COC1OC(C)C(O)C(OC)C1OC. The Morgan fingerprint density at radius 1 is 0.887 bits per heavy atom. The number of ether oxygens (including phenoxy) is 7. The van der Waals surface area contributed by atoms with Crippen molar-refractivity contribution in [2.24, 2.45) is 23.7 Å². The summed E-state index contributed by atoms with van der Waals surface area (Å²) >= 11 is 0. The molecule has 0 saturated carbocycles. The van der Waals surface area contributed by atoms with Crippen LogP contribution in [0.1, 0.15) is 60.8 Å². The Labute approximate surface area is 314 Å². The molecule has 10 unspecified atom stereocenters. The molecule has 0 aliphatic carbocycles. The number of aldehydes is 1. The van der Waals surface area contributed by atoms with Crippen LogP contribution in [0.3, 0.4) is 0 Å². The maximum absolute atomic E-state index is 13.5. The summed E-state index contributed by atoms with van der Waals surface area (Å²) in [5, 5.41) is 32.6. The van der Waals surface area contributed by atoms with Crippen molar-refractivity contribution in [2.45, 2.75) is 134 Å². The first-order valence-electron chi connectivity index (χ1n) is 18.6. The number of hydrogen-bond donors (Lipinski definition) is 3. The molecular weight excluding hydrogens is 690 g/mol. The average molecular weight is 754 g/mol. The van der Waals surface area contributed by atoms with E-state index in [2.05, 4.69) is 0 Å². The minimum absolute atomic E-state index is 0.0548. The third kappa shape index (κ3) is 11.8. The zero-order valence-corrected chi connectivity index (χ0v) is 32.9. The molecule has 0 aromatic carbocycles. The lowest BCUT2D eigenvalue weighted by Gasteiger charge is -2.46. The lowest BCUT2D eigenvalue weighted by molar-refractivity contribution is -0.304. The molecule has 0 amide bonds. The molecule has 3 heterocycles. The minimum Gasteiger partial charge on any atom is -0.459 e. The highest BCUT2D eigenvalue weighted by molar-refractivity contribution is 5.91. The Kier molecular flexibility index (Phi) is 17.9. The number of likely N-dealkylation sites (N-methyl/N-ethyl adjacent to an activating group) is 1. The van der Waals surface area contributed by atoms with Crippen molar-refractivity contribution in [1.82, 2.24) is 4.90 Å². The van der Waals surface area contributed by atoms with E-state index in [4.69, 9.17) is 33.2 Å². The fourth-order valence-corrected chi connectivity index (χ4v) is 7.49. The fourth-order valence-electron chi connectivity index (χ4n) is 7.49. The van der Waals surface area contributed by atoms with Crippen LogP contribution in [0.15, 0.2) is 36.0 Å². The van der Waals surface area contributed by atoms with Crippen LogP contribution in [0.25, 0.3) is 0 Å². The molecule has 0 bridgehead atoms. The van der Waals surface area contributed by atoms with E-state index in [0.717, 1.165) is 11.9 Å². The molecule has 2 fully saturated rings. The molecule has 3 rings (SSSR count). The van der Waals surface area contributed by atoms with Gasteiger partial charge in [0.2, 0.25) is 0 Å². The van der Waals surface area contributed by atoms with Crippen LogP contribution in [-0.4, -0.2) is 147 Å². The molecule has 14 heteroatoms. The summed E-state index contributed by atoms with van der Waals surface area (Å²) in [6, 6.07) is -0.688. The van der Waals surface area contributed by atoms with E-state index >= 15 is 0 Å². The van der Waals surface area contributed by atoms with Crippen molar-refractivity contribution < 1.29 is 62.9 Å². The molecule has 0 spiro atoms. The van der Waals surface area contributed by atoms with Gasteiger partial charge in [-0.2, -0.15) is 0 Å². The Morgan fingerprint density at radius 3 is 2.13 bits per heavy atom. The van der Waals surface area contributed by atoms with Gasteiger partial charge in [0, 0.05) is 44.5 Å². The van der Waals surface area contributed by atoms with Gasteiger partial charge in [-0.15, -0.1) is 0 Å². The fraction of sp³-hybridized carbons (Fsp3) is 0.769. The third-order valence-electron chi connectivity index (χ3n) is 10.6. The smallest absolute Gasteiger partial charge is 0.330 e. The van der Waals surface area contributed by atoms with Crippen LogP contribution in [0.2, 0.25) is 0 Å². The maximum atomic E-state index is 13.5. The van der Waals surface area contributed by atoms with Crippen LogP contribution in [0.4, 0.5) is 0 Å². The summed E-state index contributed by atoms with van der Waals surface area (Å²) in [4.78, 5) is 40.6. The maximum Gasteiger partial charge on any atom is 0.330 e. The van der Waals surface area contributed by atoms with Crippen molar-refractivity contribution in [3.05, 3.63) is 36.0 Å². The van der Waals surface area contributed by atoms with Gasteiger partial charge < -0.3 is 58.2 Å². The number of ketones is 1. The van der Waals surface area contributed by atoms with E-state index in [0.29, 0.717) is 6.42 Å². The number of aliphatic hydroxyl groups is 3. The molecule has 0 aromatic rings. The van der Waals surface area contributed by atoms with Crippen molar-refractivity contribution in [3.63, 3.8) is 0 Å². The number of aliphatic hydroxyl groups excluding tert-OH is 3. The Bertz CT molecular complexity index is 1270. The van der Waals surface area contributed by atoms with Crippen LogP contribution in [-0.2, 0) is 47.5 Å². The normalized spacial score (nSPS) is 43.1. The first kappa shape index (κ1) is 45.0. The van der Waals surface area contributed by atoms with Gasteiger partial charge in [-0.1, -0.05) is 44.6 Å². The Hall–Kier alpha value is -2.37. The van der Waals surface area contributed by atoms with Gasteiger partial charge in [0.1, 0.15) is 36.8 Å². The number of rotatable bonds is 11. The summed E-state index contributed by atoms with van der Waals surface area (Å²) in [6.45, 7) is 10.8. The van der Waals surface area contributed by atoms with E-state index in [1.165, 1.54) is 26.4 Å². The monoisotopic (exact) mass is 753 g/mol. The number of carbonyl (C=O) groups is 3. The number of nitrogens with zero attached hydrogens (tertiary/aromatic N) is 1. The highest BCUT2D eigenvalue weighted by Gasteiger charge is 2.47. The Balaban J connectivity index is 1.96. The standard InChI is InChI=1S/C39H63NO13/c1-11-29-27(20-49-39-37(48-10)36(47-9)33(45)25(6)51-39)18-21(2)12-14-28(42)23(4)19-26(16-17-41)35(22(3)13-15-30(43)52-29)53-38-34(46)31(40(7)8)32(44)24(5)50-38/h12-15,17-18,22-27,29,31-39,44-46H,11,16,19-20H2,1-10H3/b14-12+,15-13-,21-18+/t22-,23+,24?,25?,26-,27+,29+,31?,32?,33?,34?,35+,36?,37?,38?,39?/m0/s1. The van der Waals surface area contributed by atoms with E-state index in [-0.39, 0.29) is 25.2 Å². The summed E-state index contributed by atoms with van der Waals surface area (Å²) in [5.41, 5.74) is 0.733. The van der Waals surface area contributed by atoms with Gasteiger partial charge in [-0.05, 0) is 59.7 Å². The number of hydrogen-bond acceptors (Lipinski definition) is 14. The van der Waals surface area contributed by atoms with Crippen molar-refractivity contribution in [1.29, 1.82) is 0 Å². The van der Waals surface area contributed by atoms with Crippen LogP contribution in [0, 0.1) is 23.7 Å². The lowest BCUT2D eigenvalue weighted by atomic mass is 9.81. The van der Waals surface area contributed by atoms with Crippen molar-refractivity contribution in [3.8, 4) is 0 Å². The second-order valence-electron chi connectivity index (χ2n) is 14.9. The minimum atomic E-state index is -1.23. The first-order chi connectivity index (χ1) is 25.1. The molecular formula is C39H63NO13. The van der Waals surface area contributed by atoms with Crippen molar-refractivity contribution in [2.75, 3.05) is 34.9 Å². The van der Waals surface area contributed by atoms with Crippen molar-refractivity contribution >= 4 is 18.0 Å². The quantitative estimate of drug-likeness (QED) is 0.207. The molecule has 3 aliphatic heterocycles. The molecule has 16 atom stereocenters. The number of esters is 1. The predicted octanol–water partition coefficient (Wildman–Crippen LogP) is 2.37. The van der Waals surface area contributed by atoms with Crippen LogP contribution >= 0.6 is 0 Å². The van der Waals surface area contributed by atoms with Gasteiger partial charge >= 0.3 is 5.97 Å². The second kappa shape index (κ2) is 21.1. The molecule has 3 N–H and O–H groups in total. The highest BCUT2D eigenvalue weighted by atomic mass is 16.7. The van der Waals surface area contributed by atoms with E-state index < -0.39 is 103 Å². The zero-order chi connectivity index (χ0) is 39.6. The number of methoxy groups -OCH3 is 2. The van der Waals surface area contributed by atoms with Crippen LogP contribution in [0.5, 0.6) is 0 Å². The lowest BCUT2D eigenvalue weighted by Crippen LogP contribution is -2.63. The topological polar surface area (TPSA) is 180 Å². The summed E-state index contributed by atoms with van der Waals surface area (Å²) in [6.07, 6.45) is 0.313. The number of allylic oxidation sites excluding steroid dienone is 3. The van der Waals surface area contributed by atoms with Gasteiger partial charge in [0.25, 0.3) is 0 Å². The molecule has 53 heavy (non-hydrogen) atoms.